The molecule has 0 unspecified atom stereocenters. The van der Waals surface area contributed by atoms with Gasteiger partial charge in [0.2, 0.25) is 0 Å². The van der Waals surface area contributed by atoms with Crippen LogP contribution < -0.4 is 0 Å². The van der Waals surface area contributed by atoms with E-state index in [1.165, 1.54) is 13.5 Å². The molecule has 0 aromatic heterocycles. The van der Waals surface area contributed by atoms with E-state index in [4.69, 9.17) is 14.2 Å². The van der Waals surface area contributed by atoms with Crippen LogP contribution in [0.2, 0.25) is 0 Å². The molecule has 31 heavy (non-hydrogen) atoms. The van der Waals surface area contributed by atoms with Crippen LogP contribution in [0.25, 0.3) is 0 Å². The number of methoxy groups -OCH3 is 1. The molecule has 0 bridgehead atoms. The molecule has 4 rings (SSSR count). The van der Waals surface area contributed by atoms with E-state index in [1.54, 1.807) is 17.0 Å². The van der Waals surface area contributed by atoms with Crippen molar-refractivity contribution in [1.29, 1.82) is 0 Å². The van der Waals surface area contributed by atoms with Gasteiger partial charge in [-0.25, -0.2) is 9.59 Å². The standard InChI is InChI=1S/C25H29NO5/c1-29-24(27)20-12-10-19(11-13-20)23-16-22(31-21-8-5-9-21)14-15-26(23)25(28)30-17-18-6-3-2-4-7-18/h2-4,6-7,10-13,21-23H,5,8-9,14-17H2,1H3/t22-,23-/m0/s1. The number of esters is 1. The lowest BCUT2D eigenvalue weighted by Gasteiger charge is -2.41. The van der Waals surface area contributed by atoms with E-state index in [-0.39, 0.29) is 30.8 Å². The predicted octanol–water partition coefficient (Wildman–Crippen LogP) is 4.88. The van der Waals surface area contributed by atoms with Gasteiger partial charge in [0.25, 0.3) is 0 Å². The number of amides is 1. The molecular weight excluding hydrogens is 394 g/mol. The molecule has 2 atom stereocenters. The normalized spacial score (nSPS) is 21.3. The Bertz CT molecular complexity index is 879. The van der Waals surface area contributed by atoms with Gasteiger partial charge >= 0.3 is 12.1 Å². The molecule has 1 amide bonds. The number of hydrogen-bond donors (Lipinski definition) is 0. The third-order valence-electron chi connectivity index (χ3n) is 6.15. The van der Waals surface area contributed by atoms with E-state index < -0.39 is 0 Å². The molecule has 0 spiro atoms. The zero-order valence-electron chi connectivity index (χ0n) is 17.9. The maximum absolute atomic E-state index is 13.0. The first-order valence-electron chi connectivity index (χ1n) is 10.9. The average molecular weight is 424 g/mol. The predicted molar refractivity (Wildman–Crippen MR) is 116 cm³/mol. The summed E-state index contributed by atoms with van der Waals surface area (Å²) in [5.41, 5.74) is 2.41. The third kappa shape index (κ3) is 5.25. The summed E-state index contributed by atoms with van der Waals surface area (Å²) < 4.78 is 16.7. The minimum absolute atomic E-state index is 0.119. The van der Waals surface area contributed by atoms with Crippen LogP contribution in [-0.4, -0.2) is 42.8 Å². The summed E-state index contributed by atoms with van der Waals surface area (Å²) in [6.07, 6.45) is 5.14. The highest BCUT2D eigenvalue weighted by Crippen LogP contribution is 2.35. The summed E-state index contributed by atoms with van der Waals surface area (Å²) in [5, 5.41) is 0. The Morgan fingerprint density at radius 3 is 2.35 bits per heavy atom. The monoisotopic (exact) mass is 423 g/mol. The molecule has 164 valence electrons. The zero-order chi connectivity index (χ0) is 21.6. The van der Waals surface area contributed by atoms with Gasteiger partial charge in [0.05, 0.1) is 30.9 Å². The SMILES string of the molecule is COC(=O)c1ccc([C@@H]2C[C@@H](OC3CCC3)CCN2C(=O)OCc2ccccc2)cc1. The Kier molecular flexibility index (Phi) is 6.87. The van der Waals surface area contributed by atoms with Gasteiger partial charge in [-0.3, -0.25) is 0 Å². The molecule has 2 aromatic rings. The Balaban J connectivity index is 1.48. The van der Waals surface area contributed by atoms with Gasteiger partial charge in [-0.15, -0.1) is 0 Å². The van der Waals surface area contributed by atoms with Crippen molar-refractivity contribution in [3.05, 3.63) is 71.3 Å². The summed E-state index contributed by atoms with van der Waals surface area (Å²) in [6.45, 7) is 0.820. The van der Waals surface area contributed by atoms with Crippen molar-refractivity contribution < 1.29 is 23.8 Å². The fraction of sp³-hybridized carbons (Fsp3) is 0.440. The number of hydrogen-bond acceptors (Lipinski definition) is 5. The maximum Gasteiger partial charge on any atom is 0.410 e. The van der Waals surface area contributed by atoms with Crippen molar-refractivity contribution in [3.63, 3.8) is 0 Å². The molecule has 1 saturated heterocycles. The highest BCUT2D eigenvalue weighted by molar-refractivity contribution is 5.89. The fourth-order valence-electron chi connectivity index (χ4n) is 4.13. The van der Waals surface area contributed by atoms with Crippen LogP contribution in [-0.2, 0) is 20.8 Å². The summed E-state index contributed by atoms with van der Waals surface area (Å²) in [7, 11) is 1.37. The quantitative estimate of drug-likeness (QED) is 0.620. The molecule has 6 heteroatoms. The van der Waals surface area contributed by atoms with Crippen LogP contribution in [0.3, 0.4) is 0 Å². The second kappa shape index (κ2) is 9.96. The van der Waals surface area contributed by atoms with Crippen LogP contribution in [0.4, 0.5) is 4.79 Å². The highest BCUT2D eigenvalue weighted by atomic mass is 16.6. The number of piperidine rings is 1. The molecule has 0 N–H and O–H groups in total. The van der Waals surface area contributed by atoms with E-state index in [0.717, 1.165) is 30.4 Å². The summed E-state index contributed by atoms with van der Waals surface area (Å²) in [6, 6.07) is 16.8. The molecule has 2 aliphatic rings. The molecule has 6 nitrogen and oxygen atoms in total. The second-order valence-corrected chi connectivity index (χ2v) is 8.20. The number of carbonyl (C=O) groups is 2. The smallest absolute Gasteiger partial charge is 0.410 e. The summed E-state index contributed by atoms with van der Waals surface area (Å²) >= 11 is 0. The number of likely N-dealkylation sites (tertiary alicyclic amines) is 1. The largest absolute Gasteiger partial charge is 0.465 e. The number of benzene rings is 2. The molecule has 1 aliphatic carbocycles. The van der Waals surface area contributed by atoms with E-state index in [1.807, 2.05) is 42.5 Å². The number of nitrogens with zero attached hydrogens (tertiary/aromatic N) is 1. The van der Waals surface area contributed by atoms with Crippen molar-refractivity contribution in [3.8, 4) is 0 Å². The lowest BCUT2D eigenvalue weighted by atomic mass is 9.91. The topological polar surface area (TPSA) is 65.1 Å². The van der Waals surface area contributed by atoms with Crippen LogP contribution in [0, 0.1) is 0 Å². The van der Waals surface area contributed by atoms with Crippen LogP contribution in [0.15, 0.2) is 54.6 Å². The van der Waals surface area contributed by atoms with Crippen molar-refractivity contribution >= 4 is 12.1 Å². The number of carbonyl (C=O) groups excluding carboxylic acids is 2. The van der Waals surface area contributed by atoms with Crippen molar-refractivity contribution in [1.82, 2.24) is 4.90 Å². The lowest BCUT2D eigenvalue weighted by Crippen LogP contribution is -2.44. The molecule has 1 heterocycles. The maximum atomic E-state index is 13.0. The Hall–Kier alpha value is -2.86. The average Bonchev–Trinajstić information content (AvgIpc) is 2.80. The Morgan fingerprint density at radius 1 is 0.968 bits per heavy atom. The van der Waals surface area contributed by atoms with E-state index in [2.05, 4.69) is 0 Å². The Labute approximate surface area is 183 Å². The number of ether oxygens (including phenoxy) is 3. The summed E-state index contributed by atoms with van der Waals surface area (Å²) in [5.74, 6) is -0.375. The molecular formula is C25H29NO5. The Morgan fingerprint density at radius 2 is 1.71 bits per heavy atom. The first kappa shape index (κ1) is 21.4. The molecule has 2 fully saturated rings. The van der Waals surface area contributed by atoms with Gasteiger partial charge in [-0.05, 0) is 55.4 Å². The lowest BCUT2D eigenvalue weighted by molar-refractivity contribution is -0.0832. The van der Waals surface area contributed by atoms with E-state index in [0.29, 0.717) is 24.6 Å². The van der Waals surface area contributed by atoms with Crippen LogP contribution in [0.1, 0.15) is 59.6 Å². The highest BCUT2D eigenvalue weighted by Gasteiger charge is 2.36. The third-order valence-corrected chi connectivity index (χ3v) is 6.15. The number of rotatable bonds is 6. The van der Waals surface area contributed by atoms with Gasteiger partial charge in [0.15, 0.2) is 0 Å². The van der Waals surface area contributed by atoms with Crippen molar-refractivity contribution in [2.45, 2.75) is 57.0 Å². The molecule has 1 saturated carbocycles. The van der Waals surface area contributed by atoms with Gasteiger partial charge in [0, 0.05) is 6.54 Å². The molecule has 0 radical (unpaired) electrons. The van der Waals surface area contributed by atoms with Crippen molar-refractivity contribution in [2.75, 3.05) is 13.7 Å². The van der Waals surface area contributed by atoms with Crippen molar-refractivity contribution in [2.24, 2.45) is 0 Å². The zero-order valence-corrected chi connectivity index (χ0v) is 17.9. The van der Waals surface area contributed by atoms with Crippen LogP contribution >= 0.6 is 0 Å². The van der Waals surface area contributed by atoms with Gasteiger partial charge in [0.1, 0.15) is 6.61 Å². The first-order valence-corrected chi connectivity index (χ1v) is 10.9. The first-order chi connectivity index (χ1) is 15.1. The minimum atomic E-state index is -0.375. The van der Waals surface area contributed by atoms with Gasteiger partial charge in [-0.2, -0.15) is 0 Å². The van der Waals surface area contributed by atoms with Gasteiger partial charge in [-0.1, -0.05) is 42.5 Å². The van der Waals surface area contributed by atoms with E-state index >= 15 is 0 Å². The molecule has 2 aromatic carbocycles. The van der Waals surface area contributed by atoms with Gasteiger partial charge < -0.3 is 19.1 Å². The minimum Gasteiger partial charge on any atom is -0.465 e. The fourth-order valence-corrected chi connectivity index (χ4v) is 4.13. The molecule has 1 aliphatic heterocycles. The van der Waals surface area contributed by atoms with Crippen LogP contribution in [0.5, 0.6) is 0 Å². The summed E-state index contributed by atoms with van der Waals surface area (Å²) in [4.78, 5) is 26.5. The van der Waals surface area contributed by atoms with E-state index in [9.17, 15) is 9.59 Å². The second-order valence-electron chi connectivity index (χ2n) is 8.20.